The Hall–Kier alpha value is -2.16. The van der Waals surface area contributed by atoms with Gasteiger partial charge in [-0.1, -0.05) is 23.7 Å². The smallest absolute Gasteiger partial charge is 0.211 e. The Balaban J connectivity index is 1.52. The second kappa shape index (κ2) is 6.17. The second-order valence-electron chi connectivity index (χ2n) is 7.53. The molecule has 9 heteroatoms. The van der Waals surface area contributed by atoms with E-state index in [-0.39, 0.29) is 12.1 Å². The molecule has 2 atom stereocenters. The highest BCUT2D eigenvalue weighted by Gasteiger charge is 2.47. The molecule has 0 N–H and O–H groups in total. The zero-order valence-corrected chi connectivity index (χ0v) is 17.2. The van der Waals surface area contributed by atoms with Gasteiger partial charge in [-0.15, -0.1) is 0 Å². The number of benzene rings is 1. The number of fused-ring (bicyclic) bond motifs is 3. The number of imidazole rings is 1. The van der Waals surface area contributed by atoms with E-state index in [9.17, 15) is 8.42 Å². The van der Waals surface area contributed by atoms with E-state index in [1.165, 1.54) is 6.26 Å². The Morgan fingerprint density at radius 3 is 2.64 bits per heavy atom. The van der Waals surface area contributed by atoms with Gasteiger partial charge in [0.1, 0.15) is 11.6 Å². The maximum absolute atomic E-state index is 11.9. The number of hydrogen-bond donors (Lipinski definition) is 0. The van der Waals surface area contributed by atoms with Crippen LogP contribution >= 0.6 is 11.6 Å². The average Bonchev–Trinajstić information content (AvgIpc) is 3.35. The first-order valence-corrected chi connectivity index (χ1v) is 11.4. The van der Waals surface area contributed by atoms with Gasteiger partial charge in [-0.3, -0.25) is 0 Å². The highest BCUT2D eigenvalue weighted by Crippen LogP contribution is 2.38. The maximum Gasteiger partial charge on any atom is 0.211 e. The van der Waals surface area contributed by atoms with Gasteiger partial charge in [0.15, 0.2) is 0 Å². The summed E-state index contributed by atoms with van der Waals surface area (Å²) in [7, 11) is -1.19. The number of para-hydroxylation sites is 2. The van der Waals surface area contributed by atoms with Gasteiger partial charge >= 0.3 is 0 Å². The molecule has 2 aliphatic heterocycles. The molecule has 0 amide bonds. The van der Waals surface area contributed by atoms with Crippen LogP contribution in [0.2, 0.25) is 5.02 Å². The molecule has 2 saturated heterocycles. The number of aryl methyl sites for hydroxylation is 1. The van der Waals surface area contributed by atoms with Crippen molar-refractivity contribution in [2.24, 2.45) is 7.05 Å². The number of nitrogens with zero attached hydrogens (tertiary/aromatic N) is 5. The zero-order valence-electron chi connectivity index (χ0n) is 15.6. The van der Waals surface area contributed by atoms with Crippen LogP contribution in [0, 0.1) is 0 Å². The quantitative estimate of drug-likeness (QED) is 0.654. The van der Waals surface area contributed by atoms with Crippen molar-refractivity contribution in [2.45, 2.75) is 18.5 Å². The number of piperazine rings is 1. The van der Waals surface area contributed by atoms with Crippen molar-refractivity contribution in [3.8, 4) is 11.4 Å². The van der Waals surface area contributed by atoms with Gasteiger partial charge in [0.05, 0.1) is 22.3 Å². The van der Waals surface area contributed by atoms with E-state index in [2.05, 4.69) is 9.88 Å². The zero-order chi connectivity index (χ0) is 19.6. The van der Waals surface area contributed by atoms with Crippen LogP contribution in [0.25, 0.3) is 22.4 Å². The maximum atomic E-state index is 11.9. The molecule has 7 nitrogen and oxygen atoms in total. The predicted octanol–water partition coefficient (Wildman–Crippen LogP) is 2.51. The molecule has 0 aliphatic carbocycles. The largest absolute Gasteiger partial charge is 0.351 e. The molecule has 28 heavy (non-hydrogen) atoms. The molecule has 2 fully saturated rings. The lowest BCUT2D eigenvalue weighted by Gasteiger charge is -2.33. The van der Waals surface area contributed by atoms with Crippen LogP contribution in [0.4, 0.5) is 5.82 Å². The fraction of sp³-hybridized carbons (Fsp3) is 0.368. The Morgan fingerprint density at radius 1 is 1.18 bits per heavy atom. The van der Waals surface area contributed by atoms with Gasteiger partial charge in [-0.05, 0) is 24.6 Å². The lowest BCUT2D eigenvalue weighted by molar-refractivity contribution is 0.371. The minimum Gasteiger partial charge on any atom is -0.351 e. The van der Waals surface area contributed by atoms with E-state index < -0.39 is 10.0 Å². The molecule has 4 heterocycles. The summed E-state index contributed by atoms with van der Waals surface area (Å²) in [6.45, 7) is 1.16. The van der Waals surface area contributed by atoms with Crippen molar-refractivity contribution in [1.82, 2.24) is 18.8 Å². The fourth-order valence-electron chi connectivity index (χ4n) is 4.46. The SMILES string of the molecule is Cn1c(-c2cc(N3C[C@H]4C[C@@H]3CN4S(C)(=O)=O)ncc2Cl)nc2ccccc21. The molecule has 3 aromatic rings. The lowest BCUT2D eigenvalue weighted by Crippen LogP contribution is -2.48. The van der Waals surface area contributed by atoms with Crippen molar-refractivity contribution in [1.29, 1.82) is 0 Å². The number of pyridine rings is 1. The number of anilines is 1. The van der Waals surface area contributed by atoms with E-state index in [1.807, 2.05) is 41.9 Å². The summed E-state index contributed by atoms with van der Waals surface area (Å²) in [5.41, 5.74) is 2.78. The summed E-state index contributed by atoms with van der Waals surface area (Å²) >= 11 is 6.48. The lowest BCUT2D eigenvalue weighted by atomic mass is 10.2. The summed E-state index contributed by atoms with van der Waals surface area (Å²) in [5, 5.41) is 0.546. The van der Waals surface area contributed by atoms with Crippen LogP contribution in [0.1, 0.15) is 6.42 Å². The van der Waals surface area contributed by atoms with E-state index in [1.54, 1.807) is 10.5 Å². The Morgan fingerprint density at radius 2 is 1.96 bits per heavy atom. The molecule has 0 radical (unpaired) electrons. The van der Waals surface area contributed by atoms with Crippen LogP contribution in [0.15, 0.2) is 36.5 Å². The Labute approximate surface area is 168 Å². The topological polar surface area (TPSA) is 71.3 Å². The Kier molecular flexibility index (Phi) is 3.94. The molecule has 0 unspecified atom stereocenters. The van der Waals surface area contributed by atoms with E-state index in [0.717, 1.165) is 34.7 Å². The molecule has 5 rings (SSSR count). The van der Waals surface area contributed by atoms with Gasteiger partial charge < -0.3 is 9.47 Å². The number of aromatic nitrogens is 3. The highest BCUT2D eigenvalue weighted by molar-refractivity contribution is 7.88. The number of sulfonamides is 1. The van der Waals surface area contributed by atoms with Gasteiger partial charge in [0, 0.05) is 44.0 Å². The van der Waals surface area contributed by atoms with Gasteiger partial charge in [0.2, 0.25) is 10.0 Å². The minimum atomic E-state index is -3.17. The second-order valence-corrected chi connectivity index (χ2v) is 9.88. The number of halogens is 1. The molecule has 146 valence electrons. The molecule has 2 aromatic heterocycles. The van der Waals surface area contributed by atoms with Crippen molar-refractivity contribution < 1.29 is 8.42 Å². The molecular formula is C19H20ClN5O2S. The molecule has 2 aliphatic rings. The summed E-state index contributed by atoms with van der Waals surface area (Å²) in [4.78, 5) is 11.5. The van der Waals surface area contributed by atoms with Crippen LogP contribution < -0.4 is 4.90 Å². The first-order valence-electron chi connectivity index (χ1n) is 9.14. The monoisotopic (exact) mass is 417 g/mol. The van der Waals surface area contributed by atoms with Crippen LogP contribution in [0.5, 0.6) is 0 Å². The van der Waals surface area contributed by atoms with Crippen molar-refractivity contribution in [3.63, 3.8) is 0 Å². The minimum absolute atomic E-state index is 0.0108. The third kappa shape index (κ3) is 2.70. The summed E-state index contributed by atoms with van der Waals surface area (Å²) in [6.07, 6.45) is 3.77. The fourth-order valence-corrected chi connectivity index (χ4v) is 5.78. The third-order valence-electron chi connectivity index (χ3n) is 5.78. The van der Waals surface area contributed by atoms with Crippen molar-refractivity contribution >= 4 is 38.5 Å². The van der Waals surface area contributed by atoms with Crippen molar-refractivity contribution in [2.75, 3.05) is 24.2 Å². The molecule has 0 spiro atoms. The normalized spacial score (nSPS) is 22.5. The summed E-state index contributed by atoms with van der Waals surface area (Å²) < 4.78 is 27.5. The van der Waals surface area contributed by atoms with E-state index in [0.29, 0.717) is 18.1 Å². The molecule has 1 aromatic carbocycles. The van der Waals surface area contributed by atoms with Crippen LogP contribution in [-0.4, -0.2) is 58.7 Å². The number of hydrogen-bond acceptors (Lipinski definition) is 5. The van der Waals surface area contributed by atoms with E-state index >= 15 is 0 Å². The Bertz CT molecular complexity index is 1190. The summed E-state index contributed by atoms with van der Waals surface area (Å²) in [6, 6.07) is 10.1. The third-order valence-corrected chi connectivity index (χ3v) is 7.38. The van der Waals surface area contributed by atoms with Crippen molar-refractivity contribution in [3.05, 3.63) is 41.6 Å². The highest BCUT2D eigenvalue weighted by atomic mass is 35.5. The molecular weight excluding hydrogens is 398 g/mol. The van der Waals surface area contributed by atoms with Gasteiger partial charge in [-0.2, -0.15) is 4.31 Å². The molecule has 2 bridgehead atoms. The van der Waals surface area contributed by atoms with Crippen LogP contribution in [-0.2, 0) is 17.1 Å². The average molecular weight is 418 g/mol. The van der Waals surface area contributed by atoms with E-state index in [4.69, 9.17) is 16.6 Å². The van der Waals surface area contributed by atoms with Gasteiger partial charge in [0.25, 0.3) is 0 Å². The number of rotatable bonds is 3. The molecule has 0 saturated carbocycles. The summed E-state index contributed by atoms with van der Waals surface area (Å²) in [5.74, 6) is 1.60. The standard InChI is InChI=1S/C19H20ClN5O2S/c1-23-17-6-4-3-5-16(17)22-19(23)14-8-18(21-9-15(14)20)24-10-13-7-12(24)11-25(13)28(2,26)27/h3-6,8-9,12-13H,7,10-11H2,1-2H3/t12-,13-/m1/s1. The predicted molar refractivity (Wildman–Crippen MR) is 110 cm³/mol. The first kappa shape index (κ1) is 17.9. The van der Waals surface area contributed by atoms with Crippen LogP contribution in [0.3, 0.4) is 0 Å². The first-order chi connectivity index (χ1) is 13.3. The van der Waals surface area contributed by atoms with Gasteiger partial charge in [-0.25, -0.2) is 18.4 Å².